The Morgan fingerprint density at radius 1 is 1.31 bits per heavy atom. The van der Waals surface area contributed by atoms with E-state index in [1.54, 1.807) is 19.3 Å². The van der Waals surface area contributed by atoms with Crippen molar-refractivity contribution in [3.8, 4) is 0 Å². The molecule has 0 amide bonds. The molecule has 1 aromatic carbocycles. The van der Waals surface area contributed by atoms with Gasteiger partial charge in [-0.2, -0.15) is 5.10 Å². The van der Waals surface area contributed by atoms with Crippen molar-refractivity contribution in [1.29, 1.82) is 0 Å². The predicted molar refractivity (Wildman–Crippen MR) is 112 cm³/mol. The maximum atomic E-state index is 12.9. The van der Waals surface area contributed by atoms with Crippen LogP contribution in [-0.2, 0) is 7.05 Å². The standard InChI is InChI=1S/C20H18ClN5O3/c1-9-6-11(10(2)23-14-4-5-15(21)24-17(14)20(28)29)16-12(7-9)19(27)26(3)18-13(16)8-22-25-18/h4-8,10,23H,1-3H3,(H,22,25)(H,28,29). The van der Waals surface area contributed by atoms with E-state index in [1.807, 2.05) is 26.0 Å². The Bertz CT molecular complexity index is 1340. The van der Waals surface area contributed by atoms with Crippen LogP contribution in [0.4, 0.5) is 5.69 Å². The first-order valence-electron chi connectivity index (χ1n) is 8.90. The summed E-state index contributed by atoms with van der Waals surface area (Å²) in [5, 5.41) is 21.9. The van der Waals surface area contributed by atoms with Crippen LogP contribution in [0.5, 0.6) is 0 Å². The number of carboxylic acid groups (broad SMARTS) is 1. The maximum absolute atomic E-state index is 12.9. The number of pyridine rings is 2. The van der Waals surface area contributed by atoms with E-state index in [0.29, 0.717) is 16.7 Å². The van der Waals surface area contributed by atoms with E-state index in [9.17, 15) is 14.7 Å². The molecule has 0 bridgehead atoms. The van der Waals surface area contributed by atoms with Gasteiger partial charge >= 0.3 is 5.97 Å². The quantitative estimate of drug-likeness (QED) is 0.442. The van der Waals surface area contributed by atoms with E-state index >= 15 is 0 Å². The van der Waals surface area contributed by atoms with Crippen LogP contribution in [0.2, 0.25) is 5.15 Å². The van der Waals surface area contributed by atoms with Gasteiger partial charge in [0.1, 0.15) is 10.8 Å². The number of H-pyrrole nitrogens is 1. The summed E-state index contributed by atoms with van der Waals surface area (Å²) in [4.78, 5) is 28.4. The fraction of sp³-hybridized carbons (Fsp3) is 0.200. The molecule has 3 heterocycles. The lowest BCUT2D eigenvalue weighted by atomic mass is 9.96. The number of carbonyl (C=O) groups is 1. The number of hydrogen-bond donors (Lipinski definition) is 3. The van der Waals surface area contributed by atoms with E-state index in [0.717, 1.165) is 21.9 Å². The predicted octanol–water partition coefficient (Wildman–Crippen LogP) is 3.64. The van der Waals surface area contributed by atoms with E-state index in [4.69, 9.17) is 11.6 Å². The molecule has 0 spiro atoms. The van der Waals surface area contributed by atoms with Gasteiger partial charge in [0.2, 0.25) is 0 Å². The van der Waals surface area contributed by atoms with Crippen LogP contribution >= 0.6 is 11.6 Å². The molecule has 3 N–H and O–H groups in total. The first-order chi connectivity index (χ1) is 13.8. The zero-order chi connectivity index (χ0) is 20.9. The minimum Gasteiger partial charge on any atom is -0.476 e. The molecule has 0 saturated carbocycles. The largest absolute Gasteiger partial charge is 0.476 e. The van der Waals surface area contributed by atoms with Gasteiger partial charge in [0.15, 0.2) is 5.69 Å². The first-order valence-corrected chi connectivity index (χ1v) is 9.28. The van der Waals surface area contributed by atoms with Crippen molar-refractivity contribution in [1.82, 2.24) is 19.7 Å². The fourth-order valence-corrected chi connectivity index (χ4v) is 3.80. The zero-order valence-corrected chi connectivity index (χ0v) is 16.7. The highest BCUT2D eigenvalue weighted by Gasteiger charge is 2.20. The number of aromatic nitrogens is 4. The molecule has 4 aromatic rings. The molecule has 1 unspecified atom stereocenters. The zero-order valence-electron chi connectivity index (χ0n) is 15.9. The number of rotatable bonds is 4. The summed E-state index contributed by atoms with van der Waals surface area (Å²) in [7, 11) is 1.70. The molecule has 0 radical (unpaired) electrons. The number of halogens is 1. The minimum absolute atomic E-state index is 0.102. The number of benzene rings is 1. The normalized spacial score (nSPS) is 12.4. The molecule has 8 nitrogen and oxygen atoms in total. The van der Waals surface area contributed by atoms with Crippen molar-refractivity contribution in [3.63, 3.8) is 0 Å². The number of anilines is 1. The topological polar surface area (TPSA) is 113 Å². The Morgan fingerprint density at radius 2 is 2.07 bits per heavy atom. The summed E-state index contributed by atoms with van der Waals surface area (Å²) in [6.45, 7) is 3.82. The summed E-state index contributed by atoms with van der Waals surface area (Å²) in [6, 6.07) is 6.63. The van der Waals surface area contributed by atoms with Crippen LogP contribution < -0.4 is 10.9 Å². The highest BCUT2D eigenvalue weighted by atomic mass is 35.5. The maximum Gasteiger partial charge on any atom is 0.356 e. The van der Waals surface area contributed by atoms with Crippen LogP contribution in [0.25, 0.3) is 21.8 Å². The highest BCUT2D eigenvalue weighted by Crippen LogP contribution is 2.32. The Labute approximate surface area is 170 Å². The van der Waals surface area contributed by atoms with E-state index in [1.165, 1.54) is 10.6 Å². The second-order valence-corrected chi connectivity index (χ2v) is 7.36. The van der Waals surface area contributed by atoms with Crippen molar-refractivity contribution < 1.29 is 9.90 Å². The van der Waals surface area contributed by atoms with Gasteiger partial charge in [0.05, 0.1) is 11.9 Å². The van der Waals surface area contributed by atoms with E-state index in [2.05, 4.69) is 20.5 Å². The molecular formula is C20H18ClN5O3. The molecule has 148 valence electrons. The Morgan fingerprint density at radius 3 is 2.79 bits per heavy atom. The molecule has 0 aliphatic rings. The van der Waals surface area contributed by atoms with Crippen LogP contribution in [0.15, 0.2) is 35.3 Å². The third kappa shape index (κ3) is 3.11. The van der Waals surface area contributed by atoms with Gasteiger partial charge < -0.3 is 10.4 Å². The molecule has 3 aromatic heterocycles. The molecular weight excluding hydrogens is 394 g/mol. The molecule has 0 saturated heterocycles. The number of aromatic amines is 1. The Hall–Kier alpha value is -3.39. The van der Waals surface area contributed by atoms with Crippen molar-refractivity contribution in [2.45, 2.75) is 19.9 Å². The van der Waals surface area contributed by atoms with Gasteiger partial charge in [-0.3, -0.25) is 14.5 Å². The van der Waals surface area contributed by atoms with Crippen LogP contribution in [0.1, 0.15) is 34.6 Å². The number of aromatic carboxylic acids is 1. The summed E-state index contributed by atoms with van der Waals surface area (Å²) in [6.07, 6.45) is 1.69. The molecule has 9 heteroatoms. The molecule has 4 rings (SSSR count). The average molecular weight is 412 g/mol. The summed E-state index contributed by atoms with van der Waals surface area (Å²) >= 11 is 5.85. The Balaban J connectivity index is 1.93. The third-order valence-corrected chi connectivity index (χ3v) is 5.19. The number of fused-ring (bicyclic) bond motifs is 3. The van der Waals surface area contributed by atoms with Crippen LogP contribution in [0, 0.1) is 6.92 Å². The Kier molecular flexibility index (Phi) is 4.50. The number of aryl methyl sites for hydroxylation is 2. The van der Waals surface area contributed by atoms with Crippen molar-refractivity contribution >= 4 is 45.1 Å². The van der Waals surface area contributed by atoms with Gasteiger partial charge in [0, 0.05) is 29.2 Å². The van der Waals surface area contributed by atoms with Crippen molar-refractivity contribution in [2.24, 2.45) is 7.05 Å². The highest BCUT2D eigenvalue weighted by molar-refractivity contribution is 6.29. The van der Waals surface area contributed by atoms with Gasteiger partial charge in [0.25, 0.3) is 5.56 Å². The lowest BCUT2D eigenvalue weighted by Gasteiger charge is -2.20. The molecule has 29 heavy (non-hydrogen) atoms. The number of hydrogen-bond acceptors (Lipinski definition) is 5. The lowest BCUT2D eigenvalue weighted by Crippen LogP contribution is -2.19. The summed E-state index contributed by atoms with van der Waals surface area (Å²) < 4.78 is 1.54. The SMILES string of the molecule is Cc1cc(C(C)Nc2ccc(Cl)nc2C(=O)O)c2c(c1)c(=O)n(C)c1[nH]ncc21. The number of carboxylic acids is 1. The second-order valence-electron chi connectivity index (χ2n) is 6.97. The van der Waals surface area contributed by atoms with Crippen LogP contribution in [0.3, 0.4) is 0 Å². The van der Waals surface area contributed by atoms with Gasteiger partial charge in [-0.25, -0.2) is 9.78 Å². The number of nitrogens with zero attached hydrogens (tertiary/aromatic N) is 3. The average Bonchev–Trinajstić information content (AvgIpc) is 3.16. The molecule has 1 atom stereocenters. The smallest absolute Gasteiger partial charge is 0.356 e. The summed E-state index contributed by atoms with van der Waals surface area (Å²) in [5.41, 5.74) is 2.46. The lowest BCUT2D eigenvalue weighted by molar-refractivity contribution is 0.0691. The van der Waals surface area contributed by atoms with E-state index < -0.39 is 5.97 Å². The third-order valence-electron chi connectivity index (χ3n) is 4.97. The molecule has 0 aliphatic carbocycles. The molecule has 0 aliphatic heterocycles. The van der Waals surface area contributed by atoms with Crippen molar-refractivity contribution in [3.05, 3.63) is 62.8 Å². The van der Waals surface area contributed by atoms with Crippen LogP contribution in [-0.4, -0.2) is 30.8 Å². The fourth-order valence-electron chi connectivity index (χ4n) is 3.65. The molecule has 0 fully saturated rings. The van der Waals surface area contributed by atoms with Gasteiger partial charge in [-0.1, -0.05) is 17.7 Å². The van der Waals surface area contributed by atoms with E-state index in [-0.39, 0.29) is 22.4 Å². The van der Waals surface area contributed by atoms with Gasteiger partial charge in [-0.15, -0.1) is 0 Å². The summed E-state index contributed by atoms with van der Waals surface area (Å²) in [5.74, 6) is -1.18. The second kappa shape index (κ2) is 6.89. The van der Waals surface area contributed by atoms with Crippen molar-refractivity contribution in [2.75, 3.05) is 5.32 Å². The monoisotopic (exact) mass is 411 g/mol. The number of nitrogens with one attached hydrogen (secondary N) is 2. The first kappa shape index (κ1) is 18.9. The van der Waals surface area contributed by atoms with Gasteiger partial charge in [-0.05, 0) is 43.2 Å². The minimum atomic E-state index is -1.18.